The molecule has 0 bridgehead atoms. The lowest BCUT2D eigenvalue weighted by molar-refractivity contribution is -0.384. The fourth-order valence-electron chi connectivity index (χ4n) is 3.20. The Morgan fingerprint density at radius 3 is 2.62 bits per heavy atom. The number of nitro benzene ring substituents is 1. The van der Waals surface area contributed by atoms with Gasteiger partial charge in [-0.25, -0.2) is 4.98 Å². The number of benzene rings is 3. The number of anilines is 1. The van der Waals surface area contributed by atoms with Crippen LogP contribution in [0.5, 0.6) is 0 Å². The van der Waals surface area contributed by atoms with Crippen LogP contribution < -0.4 is 10.9 Å². The molecule has 0 unspecified atom stereocenters. The summed E-state index contributed by atoms with van der Waals surface area (Å²) in [5.41, 5.74) is 1.49. The van der Waals surface area contributed by atoms with Gasteiger partial charge in [-0.05, 0) is 42.8 Å². The first-order valence-corrected chi connectivity index (χ1v) is 11.6. The minimum Gasteiger partial charge on any atom is -0.324 e. The van der Waals surface area contributed by atoms with E-state index in [-0.39, 0.29) is 27.7 Å². The van der Waals surface area contributed by atoms with Crippen LogP contribution in [-0.2, 0) is 4.79 Å². The summed E-state index contributed by atoms with van der Waals surface area (Å²) in [7, 11) is 0. The second kappa shape index (κ2) is 9.84. The molecule has 1 aromatic heterocycles. The predicted molar refractivity (Wildman–Crippen MR) is 135 cm³/mol. The van der Waals surface area contributed by atoms with Gasteiger partial charge in [-0.3, -0.25) is 24.3 Å². The smallest absolute Gasteiger partial charge is 0.271 e. The highest BCUT2D eigenvalue weighted by molar-refractivity contribution is 7.99. The van der Waals surface area contributed by atoms with E-state index in [1.807, 2.05) is 6.92 Å². The molecule has 0 fully saturated rings. The molecule has 11 heteroatoms. The van der Waals surface area contributed by atoms with E-state index in [9.17, 15) is 19.7 Å². The summed E-state index contributed by atoms with van der Waals surface area (Å²) in [6, 6.07) is 15.9. The molecule has 0 spiro atoms. The number of para-hydroxylation sites is 1. The van der Waals surface area contributed by atoms with E-state index < -0.39 is 10.8 Å². The summed E-state index contributed by atoms with van der Waals surface area (Å²) in [6.07, 6.45) is 0. The summed E-state index contributed by atoms with van der Waals surface area (Å²) in [5.74, 6) is -0.591. The van der Waals surface area contributed by atoms with Gasteiger partial charge in [-0.2, -0.15) is 0 Å². The Morgan fingerprint density at radius 2 is 1.88 bits per heavy atom. The minimum absolute atomic E-state index is 0.121. The highest BCUT2D eigenvalue weighted by atomic mass is 35.5. The van der Waals surface area contributed by atoms with Gasteiger partial charge in [-0.1, -0.05) is 53.2 Å². The third-order valence-electron chi connectivity index (χ3n) is 4.93. The van der Waals surface area contributed by atoms with E-state index in [4.69, 9.17) is 23.2 Å². The highest BCUT2D eigenvalue weighted by Gasteiger charge is 2.17. The average Bonchev–Trinajstić information content (AvgIpc) is 2.81. The van der Waals surface area contributed by atoms with E-state index in [1.165, 1.54) is 22.8 Å². The Labute approximate surface area is 207 Å². The first kappa shape index (κ1) is 23.7. The summed E-state index contributed by atoms with van der Waals surface area (Å²) in [5, 5.41) is 15.0. The van der Waals surface area contributed by atoms with Gasteiger partial charge in [0.05, 0.1) is 38.0 Å². The zero-order valence-electron chi connectivity index (χ0n) is 17.6. The summed E-state index contributed by atoms with van der Waals surface area (Å²) in [6.45, 7) is 1.85. The van der Waals surface area contributed by atoms with Crippen LogP contribution in [0.2, 0.25) is 10.0 Å². The van der Waals surface area contributed by atoms with Crippen LogP contribution in [0.15, 0.2) is 70.6 Å². The molecule has 4 aromatic rings. The molecule has 0 radical (unpaired) electrons. The number of nitrogens with zero attached hydrogens (tertiary/aromatic N) is 3. The monoisotopic (exact) mass is 514 g/mol. The first-order chi connectivity index (χ1) is 16.2. The lowest BCUT2D eigenvalue weighted by atomic mass is 10.2. The number of carbonyl (C=O) groups excluding carboxylic acids is 1. The normalized spacial score (nSPS) is 10.9. The van der Waals surface area contributed by atoms with Crippen molar-refractivity contribution in [2.24, 2.45) is 0 Å². The SMILES string of the molecule is Cc1ccc(-n2c(SCC(=O)Nc3cc([N+](=O)[O-])ccc3Cl)nc3ccccc3c2=O)cc1Cl. The molecule has 0 aliphatic rings. The van der Waals surface area contributed by atoms with Crippen LogP contribution >= 0.6 is 35.0 Å². The molecule has 3 aromatic carbocycles. The number of amides is 1. The Kier molecular flexibility index (Phi) is 6.87. The Hall–Kier alpha value is -3.40. The number of aromatic nitrogens is 2. The van der Waals surface area contributed by atoms with Gasteiger partial charge in [0.25, 0.3) is 11.2 Å². The number of fused-ring (bicyclic) bond motifs is 1. The van der Waals surface area contributed by atoms with Crippen molar-refractivity contribution < 1.29 is 9.72 Å². The molecule has 1 N–H and O–H groups in total. The number of rotatable bonds is 6. The summed E-state index contributed by atoms with van der Waals surface area (Å²) in [4.78, 5) is 41.0. The van der Waals surface area contributed by atoms with Crippen LogP contribution in [0.25, 0.3) is 16.6 Å². The minimum atomic E-state index is -0.578. The molecule has 0 saturated carbocycles. The molecular formula is C23H16Cl2N4O4S. The quantitative estimate of drug-likeness (QED) is 0.154. The fraction of sp³-hybridized carbons (Fsp3) is 0.0870. The standard InChI is InChI=1S/C23H16Cl2N4O4S/c1-13-6-7-14(10-18(13)25)28-22(31)16-4-2-3-5-19(16)27-23(28)34-12-21(30)26-20-11-15(29(32)33)8-9-17(20)24/h2-11H,12H2,1H3,(H,26,30). The Balaban J connectivity index is 1.67. The molecule has 1 heterocycles. The zero-order valence-corrected chi connectivity index (χ0v) is 19.9. The van der Waals surface area contributed by atoms with Gasteiger partial charge in [0.2, 0.25) is 5.91 Å². The summed E-state index contributed by atoms with van der Waals surface area (Å²) >= 11 is 13.4. The van der Waals surface area contributed by atoms with Crippen molar-refractivity contribution in [2.45, 2.75) is 12.1 Å². The molecule has 4 rings (SSSR count). The van der Waals surface area contributed by atoms with Crippen LogP contribution in [0.4, 0.5) is 11.4 Å². The van der Waals surface area contributed by atoms with Crippen molar-refractivity contribution in [3.8, 4) is 5.69 Å². The maximum atomic E-state index is 13.3. The van der Waals surface area contributed by atoms with Crippen LogP contribution in [0, 0.1) is 17.0 Å². The van der Waals surface area contributed by atoms with E-state index in [2.05, 4.69) is 10.3 Å². The lowest BCUT2D eigenvalue weighted by Gasteiger charge is -2.14. The third-order valence-corrected chi connectivity index (χ3v) is 6.60. The van der Waals surface area contributed by atoms with Crippen molar-refractivity contribution in [3.63, 3.8) is 0 Å². The number of hydrogen-bond donors (Lipinski definition) is 1. The molecule has 0 atom stereocenters. The Morgan fingerprint density at radius 1 is 1.12 bits per heavy atom. The molecule has 172 valence electrons. The first-order valence-electron chi connectivity index (χ1n) is 9.89. The fourth-order valence-corrected chi connectivity index (χ4v) is 4.35. The number of hydrogen-bond acceptors (Lipinski definition) is 6. The van der Waals surface area contributed by atoms with Gasteiger partial charge in [0.1, 0.15) is 0 Å². The number of thioether (sulfide) groups is 1. The van der Waals surface area contributed by atoms with Crippen molar-refractivity contribution in [2.75, 3.05) is 11.1 Å². The van der Waals surface area contributed by atoms with E-state index >= 15 is 0 Å². The number of nitrogens with one attached hydrogen (secondary N) is 1. The highest BCUT2D eigenvalue weighted by Crippen LogP contribution is 2.28. The molecule has 0 aliphatic carbocycles. The van der Waals surface area contributed by atoms with E-state index in [0.717, 1.165) is 17.3 Å². The Bertz CT molecular complexity index is 1510. The van der Waals surface area contributed by atoms with Crippen molar-refractivity contribution in [1.29, 1.82) is 0 Å². The molecule has 0 saturated heterocycles. The van der Waals surface area contributed by atoms with Gasteiger partial charge < -0.3 is 5.32 Å². The van der Waals surface area contributed by atoms with Crippen LogP contribution in [0.1, 0.15) is 5.56 Å². The number of aryl methyl sites for hydroxylation is 1. The van der Waals surface area contributed by atoms with Crippen molar-refractivity contribution in [1.82, 2.24) is 9.55 Å². The third kappa shape index (κ3) is 4.91. The summed E-state index contributed by atoms with van der Waals surface area (Å²) < 4.78 is 1.41. The zero-order chi connectivity index (χ0) is 24.4. The molecule has 1 amide bonds. The topological polar surface area (TPSA) is 107 Å². The van der Waals surface area contributed by atoms with Crippen molar-refractivity contribution in [3.05, 3.63) is 96.7 Å². The second-order valence-corrected chi connectivity index (χ2v) is 9.00. The number of nitro groups is 1. The molecule has 34 heavy (non-hydrogen) atoms. The van der Waals surface area contributed by atoms with Crippen LogP contribution in [0.3, 0.4) is 0 Å². The van der Waals surface area contributed by atoms with Crippen LogP contribution in [-0.4, -0.2) is 26.1 Å². The number of carbonyl (C=O) groups is 1. The average molecular weight is 515 g/mol. The van der Waals surface area contributed by atoms with E-state index in [1.54, 1.807) is 42.5 Å². The lowest BCUT2D eigenvalue weighted by Crippen LogP contribution is -2.23. The largest absolute Gasteiger partial charge is 0.324 e. The maximum absolute atomic E-state index is 13.3. The van der Waals surface area contributed by atoms with Gasteiger partial charge in [0, 0.05) is 17.2 Å². The van der Waals surface area contributed by atoms with Gasteiger partial charge >= 0.3 is 0 Å². The second-order valence-electron chi connectivity index (χ2n) is 7.24. The molecular weight excluding hydrogens is 499 g/mol. The number of non-ortho nitro benzene ring substituents is 1. The molecule has 0 aliphatic heterocycles. The van der Waals surface area contributed by atoms with Crippen molar-refractivity contribution >= 4 is 63.1 Å². The van der Waals surface area contributed by atoms with E-state index in [0.29, 0.717) is 26.8 Å². The maximum Gasteiger partial charge on any atom is 0.271 e. The number of halogens is 2. The van der Waals surface area contributed by atoms with Gasteiger partial charge in [-0.15, -0.1) is 0 Å². The molecule has 8 nitrogen and oxygen atoms in total. The predicted octanol–water partition coefficient (Wildman–Crippen LogP) is 5.64. The van der Waals surface area contributed by atoms with Gasteiger partial charge in [0.15, 0.2) is 5.16 Å².